The van der Waals surface area contributed by atoms with Crippen molar-refractivity contribution < 1.29 is 19.5 Å². The smallest absolute Gasteiger partial charge is 0.323 e. The molecule has 0 bridgehead atoms. The third-order valence-corrected chi connectivity index (χ3v) is 3.18. The largest absolute Gasteiger partial charge is 0.480 e. The predicted molar refractivity (Wildman–Crippen MR) is 77.9 cm³/mol. The predicted octanol–water partition coefficient (Wildman–Crippen LogP) is 1.13. The Balaban J connectivity index is 2.61. The summed E-state index contributed by atoms with van der Waals surface area (Å²) in [4.78, 5) is 36.0. The van der Waals surface area contributed by atoms with Gasteiger partial charge in [0.1, 0.15) is 6.54 Å². The number of nitrogens with zero attached hydrogens (tertiary/aromatic N) is 1. The van der Waals surface area contributed by atoms with E-state index in [1.54, 1.807) is 37.3 Å². The number of aliphatic carboxylic acids is 1. The van der Waals surface area contributed by atoms with Crippen LogP contribution in [0.25, 0.3) is 0 Å². The maximum Gasteiger partial charge on any atom is 0.323 e. The zero-order chi connectivity index (χ0) is 15.8. The van der Waals surface area contributed by atoms with E-state index in [1.165, 1.54) is 4.90 Å². The number of nitrogens with one attached hydrogen (secondary N) is 1. The fourth-order valence-electron chi connectivity index (χ4n) is 1.80. The Morgan fingerprint density at radius 2 is 1.86 bits per heavy atom. The van der Waals surface area contributed by atoms with E-state index in [2.05, 4.69) is 5.32 Å². The topological polar surface area (TPSA) is 86.7 Å². The summed E-state index contributed by atoms with van der Waals surface area (Å²) in [5, 5.41) is 11.4. The van der Waals surface area contributed by atoms with Crippen molar-refractivity contribution in [3.05, 3.63) is 35.9 Å². The molecule has 0 heterocycles. The number of carbonyl (C=O) groups excluding carboxylic acids is 2. The first-order valence-electron chi connectivity index (χ1n) is 6.80. The molecule has 2 N–H and O–H groups in total. The molecule has 0 spiro atoms. The molecule has 6 nitrogen and oxygen atoms in total. The molecule has 0 aliphatic carbocycles. The SMILES string of the molecule is CCC(C)N(CC(=O)O)C(=O)CNC(=O)c1ccccc1. The minimum atomic E-state index is -1.07. The third-order valence-electron chi connectivity index (χ3n) is 3.18. The van der Waals surface area contributed by atoms with Crippen molar-refractivity contribution in [2.75, 3.05) is 13.1 Å². The molecule has 1 rings (SSSR count). The van der Waals surface area contributed by atoms with Gasteiger partial charge >= 0.3 is 5.97 Å². The molecule has 1 aromatic carbocycles. The fraction of sp³-hybridized carbons (Fsp3) is 0.400. The standard InChI is InChI=1S/C15H20N2O4/c1-3-11(2)17(10-14(19)20)13(18)9-16-15(21)12-7-5-4-6-8-12/h4-8,11H,3,9-10H2,1-2H3,(H,16,21)(H,19,20). The number of rotatable bonds is 7. The van der Waals surface area contributed by atoms with Crippen LogP contribution in [0.4, 0.5) is 0 Å². The molecule has 0 saturated heterocycles. The van der Waals surface area contributed by atoms with Crippen LogP contribution in [0.5, 0.6) is 0 Å². The van der Waals surface area contributed by atoms with Crippen LogP contribution in [0.1, 0.15) is 30.6 Å². The summed E-state index contributed by atoms with van der Waals surface area (Å²) >= 11 is 0. The fourth-order valence-corrected chi connectivity index (χ4v) is 1.80. The van der Waals surface area contributed by atoms with Crippen molar-refractivity contribution in [3.8, 4) is 0 Å². The number of carboxylic acid groups (broad SMARTS) is 1. The molecule has 1 atom stereocenters. The molecule has 21 heavy (non-hydrogen) atoms. The summed E-state index contributed by atoms with van der Waals surface area (Å²) in [5.74, 6) is -1.84. The lowest BCUT2D eigenvalue weighted by Gasteiger charge is -2.27. The normalized spacial score (nSPS) is 11.5. The summed E-state index contributed by atoms with van der Waals surface area (Å²) in [5.41, 5.74) is 0.457. The van der Waals surface area contributed by atoms with Gasteiger partial charge in [0.15, 0.2) is 0 Å². The summed E-state index contributed by atoms with van der Waals surface area (Å²) in [7, 11) is 0. The summed E-state index contributed by atoms with van der Waals surface area (Å²) in [6, 6.07) is 8.34. The molecule has 0 saturated carbocycles. The number of benzene rings is 1. The monoisotopic (exact) mass is 292 g/mol. The second-order valence-electron chi connectivity index (χ2n) is 4.72. The molecule has 114 valence electrons. The van der Waals surface area contributed by atoms with Gasteiger partial charge in [0, 0.05) is 11.6 Å². The molecular formula is C15H20N2O4. The van der Waals surface area contributed by atoms with Crippen LogP contribution in [-0.2, 0) is 9.59 Å². The number of amides is 2. The molecule has 0 radical (unpaired) electrons. The molecule has 1 aromatic rings. The van der Waals surface area contributed by atoms with Crippen molar-refractivity contribution in [1.29, 1.82) is 0 Å². The maximum atomic E-state index is 12.1. The van der Waals surface area contributed by atoms with Gasteiger partial charge in [-0.05, 0) is 25.5 Å². The van der Waals surface area contributed by atoms with Crippen molar-refractivity contribution in [1.82, 2.24) is 10.2 Å². The van der Waals surface area contributed by atoms with Crippen LogP contribution in [0.2, 0.25) is 0 Å². The van der Waals surface area contributed by atoms with Crippen LogP contribution in [0.3, 0.4) is 0 Å². The molecule has 6 heteroatoms. The maximum absolute atomic E-state index is 12.1. The number of hydrogen-bond donors (Lipinski definition) is 2. The van der Waals surface area contributed by atoms with Gasteiger partial charge < -0.3 is 15.3 Å². The van der Waals surface area contributed by atoms with Crippen molar-refractivity contribution in [3.63, 3.8) is 0 Å². The minimum absolute atomic E-state index is 0.192. The highest BCUT2D eigenvalue weighted by atomic mass is 16.4. The first-order chi connectivity index (χ1) is 9.95. The lowest BCUT2D eigenvalue weighted by molar-refractivity contribution is -0.145. The van der Waals surface area contributed by atoms with Crippen LogP contribution in [0, 0.1) is 0 Å². The lowest BCUT2D eigenvalue weighted by Crippen LogP contribution is -2.46. The summed E-state index contributed by atoms with van der Waals surface area (Å²) in [6.07, 6.45) is 0.644. The van der Waals surface area contributed by atoms with E-state index in [4.69, 9.17) is 5.11 Å². The van der Waals surface area contributed by atoms with E-state index < -0.39 is 11.9 Å². The van der Waals surface area contributed by atoms with Gasteiger partial charge in [0.2, 0.25) is 5.91 Å². The van der Waals surface area contributed by atoms with E-state index in [-0.39, 0.29) is 25.0 Å². The van der Waals surface area contributed by atoms with Crippen LogP contribution < -0.4 is 5.32 Å². The average Bonchev–Trinajstić information content (AvgIpc) is 2.49. The van der Waals surface area contributed by atoms with Gasteiger partial charge in [-0.1, -0.05) is 25.1 Å². The van der Waals surface area contributed by atoms with Crippen molar-refractivity contribution in [2.24, 2.45) is 0 Å². The number of carboxylic acids is 1. The van der Waals surface area contributed by atoms with Gasteiger partial charge in [-0.15, -0.1) is 0 Å². The summed E-state index contributed by atoms with van der Waals surface area (Å²) < 4.78 is 0. The highest BCUT2D eigenvalue weighted by Crippen LogP contribution is 2.04. The third kappa shape index (κ3) is 5.25. The van der Waals surface area contributed by atoms with Gasteiger partial charge in [-0.2, -0.15) is 0 Å². The van der Waals surface area contributed by atoms with Gasteiger partial charge in [0.25, 0.3) is 5.91 Å². The van der Waals surface area contributed by atoms with E-state index in [1.807, 2.05) is 6.92 Å². The Hall–Kier alpha value is -2.37. The van der Waals surface area contributed by atoms with Gasteiger partial charge in [0.05, 0.1) is 6.54 Å². The summed E-state index contributed by atoms with van der Waals surface area (Å²) in [6.45, 7) is 3.07. The number of hydrogen-bond acceptors (Lipinski definition) is 3. The Labute approximate surface area is 123 Å². The van der Waals surface area contributed by atoms with E-state index >= 15 is 0 Å². The molecule has 0 aromatic heterocycles. The Bertz CT molecular complexity index is 502. The molecule has 0 fully saturated rings. The Morgan fingerprint density at radius 3 is 2.38 bits per heavy atom. The van der Waals surface area contributed by atoms with Crippen molar-refractivity contribution in [2.45, 2.75) is 26.3 Å². The second-order valence-corrected chi connectivity index (χ2v) is 4.72. The highest BCUT2D eigenvalue weighted by Gasteiger charge is 2.21. The van der Waals surface area contributed by atoms with Crippen LogP contribution in [-0.4, -0.2) is 46.9 Å². The Kier molecular flexibility index (Phi) is 6.39. The van der Waals surface area contributed by atoms with E-state index in [0.717, 1.165) is 0 Å². The molecule has 0 aliphatic heterocycles. The first-order valence-corrected chi connectivity index (χ1v) is 6.80. The molecule has 2 amide bonds. The minimum Gasteiger partial charge on any atom is -0.480 e. The van der Waals surface area contributed by atoms with Crippen LogP contribution >= 0.6 is 0 Å². The number of carbonyl (C=O) groups is 3. The molecule has 1 unspecified atom stereocenters. The van der Waals surface area contributed by atoms with Crippen molar-refractivity contribution >= 4 is 17.8 Å². The van der Waals surface area contributed by atoms with E-state index in [0.29, 0.717) is 12.0 Å². The second kappa shape index (κ2) is 8.04. The van der Waals surface area contributed by atoms with Gasteiger partial charge in [-0.3, -0.25) is 14.4 Å². The Morgan fingerprint density at radius 1 is 1.24 bits per heavy atom. The molecular weight excluding hydrogens is 272 g/mol. The average molecular weight is 292 g/mol. The zero-order valence-electron chi connectivity index (χ0n) is 12.2. The lowest BCUT2D eigenvalue weighted by atomic mass is 10.2. The van der Waals surface area contributed by atoms with Crippen LogP contribution in [0.15, 0.2) is 30.3 Å². The first kappa shape index (κ1) is 16.7. The molecule has 0 aliphatic rings. The zero-order valence-corrected chi connectivity index (χ0v) is 12.2. The quantitative estimate of drug-likeness (QED) is 0.788. The van der Waals surface area contributed by atoms with Gasteiger partial charge in [-0.25, -0.2) is 0 Å². The highest BCUT2D eigenvalue weighted by molar-refractivity contribution is 5.96. The van der Waals surface area contributed by atoms with E-state index in [9.17, 15) is 14.4 Å².